The van der Waals surface area contributed by atoms with Crippen molar-refractivity contribution in [2.45, 2.75) is 12.8 Å². The summed E-state index contributed by atoms with van der Waals surface area (Å²) in [5.74, 6) is 1.74. The van der Waals surface area contributed by atoms with E-state index < -0.39 is 0 Å². The lowest BCUT2D eigenvalue weighted by molar-refractivity contribution is -0.114. The molecule has 0 unspecified atom stereocenters. The van der Waals surface area contributed by atoms with Gasteiger partial charge in [0.2, 0.25) is 6.79 Å². The Balaban J connectivity index is 1.40. The molecule has 0 amide bonds. The minimum absolute atomic E-state index is 0.00630. The van der Waals surface area contributed by atoms with E-state index in [1.165, 1.54) is 6.08 Å². The van der Waals surface area contributed by atoms with Gasteiger partial charge in [0.25, 0.3) is 0 Å². The number of nitrogens with zero attached hydrogens (tertiary/aromatic N) is 1. The van der Waals surface area contributed by atoms with Crippen LogP contribution in [0.1, 0.15) is 17.5 Å². The third-order valence-corrected chi connectivity index (χ3v) is 4.37. The van der Waals surface area contributed by atoms with Crippen LogP contribution in [-0.4, -0.2) is 35.2 Å². The maximum atomic E-state index is 11.9. The van der Waals surface area contributed by atoms with Gasteiger partial charge in [-0.25, -0.2) is 4.42 Å². The highest BCUT2D eigenvalue weighted by atomic mass is 35.5. The van der Waals surface area contributed by atoms with Gasteiger partial charge in [-0.1, -0.05) is 24.3 Å². The second-order valence-corrected chi connectivity index (χ2v) is 6.47. The Morgan fingerprint density at radius 2 is 1.88 bits per heavy atom. The minimum atomic E-state index is 0.00630. The summed E-state index contributed by atoms with van der Waals surface area (Å²) in [5.41, 5.74) is 1.97. The molecular formula is C20H20ClNO4. The van der Waals surface area contributed by atoms with Crippen LogP contribution in [0, 0.1) is 0 Å². The van der Waals surface area contributed by atoms with Crippen molar-refractivity contribution in [1.29, 1.82) is 0 Å². The number of allylic oxidation sites excluding steroid dienone is 1. The quantitative estimate of drug-likeness (QED) is 0.563. The summed E-state index contributed by atoms with van der Waals surface area (Å²) in [6.07, 6.45) is 4.37. The summed E-state index contributed by atoms with van der Waals surface area (Å²) in [5, 5.41) is 9.23. The zero-order chi connectivity index (χ0) is 18.4. The van der Waals surface area contributed by atoms with Gasteiger partial charge in [0.1, 0.15) is 5.75 Å². The Morgan fingerprint density at radius 1 is 1.12 bits per heavy atom. The molecule has 1 aliphatic heterocycles. The minimum Gasteiger partial charge on any atom is -0.508 e. The molecule has 1 aliphatic rings. The van der Waals surface area contributed by atoms with Crippen LogP contribution in [0.2, 0.25) is 0 Å². The first-order valence-electron chi connectivity index (χ1n) is 8.39. The van der Waals surface area contributed by atoms with E-state index in [0.717, 1.165) is 29.0 Å². The van der Waals surface area contributed by atoms with Crippen LogP contribution < -0.4 is 9.47 Å². The highest BCUT2D eigenvalue weighted by molar-refractivity contribution is 6.13. The van der Waals surface area contributed by atoms with Crippen molar-refractivity contribution in [3.05, 3.63) is 59.7 Å². The zero-order valence-electron chi connectivity index (χ0n) is 14.2. The number of ketones is 1. The predicted molar refractivity (Wildman–Crippen MR) is 100 cm³/mol. The maximum absolute atomic E-state index is 11.9. The fourth-order valence-electron chi connectivity index (χ4n) is 2.55. The second-order valence-electron chi connectivity index (χ2n) is 5.99. The number of hydrogen-bond donors (Lipinski definition) is 1. The Bertz CT molecular complexity index is 789. The van der Waals surface area contributed by atoms with Gasteiger partial charge in [-0.05, 0) is 59.7 Å². The van der Waals surface area contributed by atoms with Crippen LogP contribution in [0.3, 0.4) is 0 Å². The molecule has 3 rings (SSSR count). The third kappa shape index (κ3) is 5.25. The molecular weight excluding hydrogens is 354 g/mol. The maximum Gasteiger partial charge on any atom is 0.231 e. The molecule has 0 spiro atoms. The molecule has 0 saturated carbocycles. The van der Waals surface area contributed by atoms with Crippen molar-refractivity contribution in [3.8, 4) is 17.2 Å². The molecule has 6 heteroatoms. The van der Waals surface area contributed by atoms with Gasteiger partial charge < -0.3 is 14.6 Å². The number of phenolic OH excluding ortho intramolecular Hbond substituents is 1. The highest BCUT2D eigenvalue weighted by Crippen LogP contribution is 2.32. The smallest absolute Gasteiger partial charge is 0.231 e. The fraction of sp³-hybridized carbons (Fsp3) is 0.250. The molecule has 0 saturated heterocycles. The molecule has 1 N–H and O–H groups in total. The zero-order valence-corrected chi connectivity index (χ0v) is 15.0. The fourth-order valence-corrected chi connectivity index (χ4v) is 2.72. The number of fused-ring (bicyclic) bond motifs is 1. The summed E-state index contributed by atoms with van der Waals surface area (Å²) in [7, 11) is 0. The normalized spacial score (nSPS) is 12.8. The summed E-state index contributed by atoms with van der Waals surface area (Å²) < 4.78 is 12.3. The van der Waals surface area contributed by atoms with Gasteiger partial charge in [-0.15, -0.1) is 0 Å². The molecule has 0 aliphatic carbocycles. The lowest BCUT2D eigenvalue weighted by Crippen LogP contribution is -2.18. The van der Waals surface area contributed by atoms with E-state index in [2.05, 4.69) is 0 Å². The first-order valence-corrected chi connectivity index (χ1v) is 8.73. The second kappa shape index (κ2) is 8.74. The van der Waals surface area contributed by atoms with E-state index in [9.17, 15) is 9.90 Å². The van der Waals surface area contributed by atoms with Crippen LogP contribution in [0.25, 0.3) is 6.08 Å². The lowest BCUT2D eigenvalue weighted by atomic mass is 10.1. The van der Waals surface area contributed by atoms with Gasteiger partial charge in [0, 0.05) is 19.5 Å². The standard InChI is InChI=1S/C20H20ClNO4/c21-22(11-9-16-4-8-19-20(13-16)26-14-25-19)12-10-18(24)7-3-15-1-5-17(23)6-2-15/h1-8,13,23H,9-12,14H2/b7-3+. The van der Waals surface area contributed by atoms with Gasteiger partial charge in [-0.2, -0.15) is 0 Å². The summed E-state index contributed by atoms with van der Waals surface area (Å²) >= 11 is 6.20. The number of ether oxygens (including phenoxy) is 2. The molecule has 2 aromatic rings. The largest absolute Gasteiger partial charge is 0.508 e. The SMILES string of the molecule is O=C(/C=C/c1ccc(O)cc1)CCN(Cl)CCc1ccc2c(c1)OCO2. The van der Waals surface area contributed by atoms with Crippen LogP contribution in [0.15, 0.2) is 48.5 Å². The number of aromatic hydroxyl groups is 1. The summed E-state index contributed by atoms with van der Waals surface area (Å²) in [4.78, 5) is 11.9. The number of benzene rings is 2. The van der Waals surface area contributed by atoms with Crippen LogP contribution in [0.4, 0.5) is 0 Å². The molecule has 0 bridgehead atoms. The van der Waals surface area contributed by atoms with Gasteiger partial charge in [0.15, 0.2) is 17.3 Å². The lowest BCUT2D eigenvalue weighted by Gasteiger charge is -2.12. The van der Waals surface area contributed by atoms with Gasteiger partial charge in [-0.3, -0.25) is 4.79 Å². The molecule has 0 aromatic heterocycles. The number of hydrogen-bond acceptors (Lipinski definition) is 5. The number of phenols is 1. The Labute approximate surface area is 157 Å². The monoisotopic (exact) mass is 373 g/mol. The Kier molecular flexibility index (Phi) is 6.15. The molecule has 0 atom stereocenters. The van der Waals surface area contributed by atoms with E-state index in [0.29, 0.717) is 19.5 Å². The van der Waals surface area contributed by atoms with Crippen molar-refractivity contribution in [1.82, 2.24) is 4.42 Å². The van der Waals surface area contributed by atoms with E-state index in [1.54, 1.807) is 34.8 Å². The van der Waals surface area contributed by atoms with Crippen LogP contribution in [0.5, 0.6) is 17.2 Å². The van der Waals surface area contributed by atoms with Gasteiger partial charge in [0.05, 0.1) is 0 Å². The molecule has 1 heterocycles. The molecule has 2 aromatic carbocycles. The van der Waals surface area contributed by atoms with Crippen LogP contribution in [-0.2, 0) is 11.2 Å². The first kappa shape index (κ1) is 18.3. The number of carbonyl (C=O) groups excluding carboxylic acids is 1. The highest BCUT2D eigenvalue weighted by Gasteiger charge is 2.13. The van der Waals surface area contributed by atoms with Crippen molar-refractivity contribution in [2.75, 3.05) is 19.9 Å². The van der Waals surface area contributed by atoms with Crippen molar-refractivity contribution >= 4 is 23.6 Å². The average molecular weight is 374 g/mol. The summed E-state index contributed by atoms with van der Waals surface area (Å²) in [6, 6.07) is 12.5. The van der Waals surface area contributed by atoms with Crippen molar-refractivity contribution in [3.63, 3.8) is 0 Å². The van der Waals surface area contributed by atoms with Crippen LogP contribution >= 0.6 is 11.8 Å². The molecule has 26 heavy (non-hydrogen) atoms. The topological polar surface area (TPSA) is 59.0 Å². The number of carbonyl (C=O) groups is 1. The predicted octanol–water partition coefficient (Wildman–Crippen LogP) is 3.79. The summed E-state index contributed by atoms with van der Waals surface area (Å²) in [6.45, 7) is 1.38. The average Bonchev–Trinajstić information content (AvgIpc) is 3.12. The van der Waals surface area contributed by atoms with E-state index >= 15 is 0 Å². The van der Waals surface area contributed by atoms with Crippen molar-refractivity contribution < 1.29 is 19.4 Å². The number of rotatable bonds is 8. The van der Waals surface area contributed by atoms with E-state index in [1.807, 2.05) is 18.2 Å². The molecule has 0 radical (unpaired) electrons. The van der Waals surface area contributed by atoms with E-state index in [-0.39, 0.29) is 18.3 Å². The van der Waals surface area contributed by atoms with Crippen molar-refractivity contribution in [2.24, 2.45) is 0 Å². The van der Waals surface area contributed by atoms with E-state index in [4.69, 9.17) is 21.3 Å². The van der Waals surface area contributed by atoms with Gasteiger partial charge >= 0.3 is 0 Å². The Morgan fingerprint density at radius 3 is 2.69 bits per heavy atom. The molecule has 5 nitrogen and oxygen atoms in total. The molecule has 0 fully saturated rings. The Hall–Kier alpha value is -2.50. The third-order valence-electron chi connectivity index (χ3n) is 4.04. The molecule has 136 valence electrons. The first-order chi connectivity index (χ1) is 12.6. The number of halogens is 1.